The quantitative estimate of drug-likeness (QED) is 0.338. The Labute approximate surface area is 190 Å². The van der Waals surface area contributed by atoms with Crippen molar-refractivity contribution in [3.8, 4) is 17.2 Å². The molecular formula is C26H18N2O4S. The van der Waals surface area contributed by atoms with Gasteiger partial charge >= 0.3 is 0 Å². The third-order valence-corrected chi connectivity index (χ3v) is 7.76. The second-order valence-electron chi connectivity index (χ2n) is 8.56. The van der Waals surface area contributed by atoms with Crippen molar-refractivity contribution in [2.24, 2.45) is 0 Å². The molecule has 0 fully saturated rings. The van der Waals surface area contributed by atoms with Gasteiger partial charge in [0.2, 0.25) is 0 Å². The van der Waals surface area contributed by atoms with E-state index in [4.69, 9.17) is 4.74 Å². The Kier molecular flexibility index (Phi) is 3.43. The SMILES string of the molecule is CS(=O)(=O)c1ccc(O)c(N2c3cccc4c3C3c5c(cccc5Oc5cccc2c53)N4)c1. The molecule has 0 amide bonds. The highest BCUT2D eigenvalue weighted by Crippen LogP contribution is 2.63. The fraction of sp³-hybridized carbons (Fsp3) is 0.0769. The highest BCUT2D eigenvalue weighted by molar-refractivity contribution is 7.90. The largest absolute Gasteiger partial charge is 0.506 e. The van der Waals surface area contributed by atoms with Gasteiger partial charge in [0, 0.05) is 40.2 Å². The summed E-state index contributed by atoms with van der Waals surface area (Å²) < 4.78 is 30.9. The number of nitrogens with one attached hydrogen (secondary N) is 1. The van der Waals surface area contributed by atoms with Gasteiger partial charge in [-0.05, 0) is 54.6 Å². The van der Waals surface area contributed by atoms with E-state index in [9.17, 15) is 13.5 Å². The summed E-state index contributed by atoms with van der Waals surface area (Å²) in [5, 5.41) is 14.4. The summed E-state index contributed by atoms with van der Waals surface area (Å²) in [6.45, 7) is 0. The van der Waals surface area contributed by atoms with E-state index < -0.39 is 9.84 Å². The van der Waals surface area contributed by atoms with E-state index in [1.54, 1.807) is 0 Å². The molecule has 4 aromatic carbocycles. The van der Waals surface area contributed by atoms with E-state index in [2.05, 4.69) is 11.4 Å². The van der Waals surface area contributed by atoms with E-state index in [-0.39, 0.29) is 16.6 Å². The van der Waals surface area contributed by atoms with Crippen LogP contribution in [0.1, 0.15) is 22.6 Å². The summed E-state index contributed by atoms with van der Waals surface area (Å²) in [5.74, 6) is 1.55. The van der Waals surface area contributed by atoms with Crippen LogP contribution in [0.25, 0.3) is 0 Å². The molecule has 3 aliphatic rings. The number of rotatable bonds is 2. The normalized spacial score (nSPS) is 16.5. The molecular weight excluding hydrogens is 436 g/mol. The molecule has 3 aliphatic heterocycles. The van der Waals surface area contributed by atoms with Gasteiger partial charge in [0.05, 0.1) is 22.0 Å². The van der Waals surface area contributed by atoms with Gasteiger partial charge in [0.1, 0.15) is 17.2 Å². The molecule has 1 unspecified atom stereocenters. The van der Waals surface area contributed by atoms with Crippen LogP contribution in [0.5, 0.6) is 17.2 Å². The summed E-state index contributed by atoms with van der Waals surface area (Å²) in [6.07, 6.45) is 1.17. The second kappa shape index (κ2) is 6.08. The Morgan fingerprint density at radius 2 is 1.45 bits per heavy atom. The molecule has 3 heterocycles. The lowest BCUT2D eigenvalue weighted by Crippen LogP contribution is -2.28. The van der Waals surface area contributed by atoms with Crippen LogP contribution in [0.4, 0.5) is 28.4 Å². The molecule has 0 aromatic heterocycles. The zero-order valence-electron chi connectivity index (χ0n) is 17.5. The molecule has 1 atom stereocenters. The Morgan fingerprint density at radius 1 is 0.818 bits per heavy atom. The molecule has 2 N–H and O–H groups in total. The molecule has 7 heteroatoms. The van der Waals surface area contributed by atoms with Crippen LogP contribution < -0.4 is 15.0 Å². The van der Waals surface area contributed by atoms with Crippen molar-refractivity contribution in [2.75, 3.05) is 16.5 Å². The number of benzene rings is 4. The van der Waals surface area contributed by atoms with Crippen molar-refractivity contribution >= 4 is 38.3 Å². The minimum atomic E-state index is -3.46. The lowest BCUT2D eigenvalue weighted by molar-refractivity contribution is 0.452. The first-order valence-electron chi connectivity index (χ1n) is 10.6. The van der Waals surface area contributed by atoms with Crippen LogP contribution in [0.2, 0.25) is 0 Å². The van der Waals surface area contributed by atoms with Gasteiger partial charge < -0.3 is 20.1 Å². The summed E-state index contributed by atoms with van der Waals surface area (Å²) in [6, 6.07) is 22.3. The summed E-state index contributed by atoms with van der Waals surface area (Å²) in [5.41, 5.74) is 7.30. The molecule has 0 bridgehead atoms. The molecule has 0 aliphatic carbocycles. The van der Waals surface area contributed by atoms with Gasteiger partial charge in [0.25, 0.3) is 0 Å². The maximum Gasteiger partial charge on any atom is 0.175 e. The highest BCUT2D eigenvalue weighted by atomic mass is 32.2. The minimum Gasteiger partial charge on any atom is -0.506 e. The van der Waals surface area contributed by atoms with Crippen LogP contribution >= 0.6 is 0 Å². The van der Waals surface area contributed by atoms with Gasteiger partial charge in [-0.15, -0.1) is 0 Å². The Balaban J connectivity index is 1.59. The average molecular weight is 455 g/mol. The maximum absolute atomic E-state index is 12.3. The molecule has 0 radical (unpaired) electrons. The molecule has 0 saturated heterocycles. The fourth-order valence-corrected chi connectivity index (χ4v) is 5.95. The predicted octanol–water partition coefficient (Wildman–Crippen LogP) is 5.92. The van der Waals surface area contributed by atoms with Crippen molar-refractivity contribution in [3.05, 3.63) is 89.5 Å². The number of hydrogen-bond acceptors (Lipinski definition) is 6. The number of sulfone groups is 1. The number of phenolic OH excluding ortho intramolecular Hbond substituents is 1. The second-order valence-corrected chi connectivity index (χ2v) is 10.6. The van der Waals surface area contributed by atoms with Gasteiger partial charge in [-0.25, -0.2) is 8.42 Å². The number of hydrogen-bond donors (Lipinski definition) is 2. The fourth-order valence-electron chi connectivity index (χ4n) is 5.31. The standard InChI is InChI=1S/C26H18N2O4S/c1-33(30,31)14-11-12-20(29)19(13-14)28-17-7-2-5-15-23(17)26-24-16(27-15)6-3-9-21(24)32-22-10-4-8-18(28)25(22)26/h2-13,26-27,29H,1H3. The monoisotopic (exact) mass is 454 g/mol. The summed E-state index contributed by atoms with van der Waals surface area (Å²) in [4.78, 5) is 2.08. The number of aromatic hydroxyl groups is 1. The third kappa shape index (κ3) is 2.40. The molecule has 7 rings (SSSR count). The number of anilines is 5. The van der Waals surface area contributed by atoms with Crippen LogP contribution in [0.15, 0.2) is 77.7 Å². The highest BCUT2D eigenvalue weighted by Gasteiger charge is 2.43. The van der Waals surface area contributed by atoms with Crippen LogP contribution in [-0.2, 0) is 9.84 Å². The first kappa shape index (κ1) is 18.6. The smallest absolute Gasteiger partial charge is 0.175 e. The average Bonchev–Trinajstić information content (AvgIpc) is 2.79. The summed E-state index contributed by atoms with van der Waals surface area (Å²) >= 11 is 0. The van der Waals surface area contributed by atoms with Gasteiger partial charge in [-0.1, -0.05) is 18.2 Å². The van der Waals surface area contributed by atoms with E-state index in [0.29, 0.717) is 5.69 Å². The van der Waals surface area contributed by atoms with Gasteiger partial charge in [-0.2, -0.15) is 0 Å². The topological polar surface area (TPSA) is 78.9 Å². The third-order valence-electron chi connectivity index (χ3n) is 6.65. The minimum absolute atomic E-state index is 0.00218. The molecule has 162 valence electrons. The van der Waals surface area contributed by atoms with Crippen molar-refractivity contribution in [1.82, 2.24) is 0 Å². The Morgan fingerprint density at radius 3 is 2.21 bits per heavy atom. The van der Waals surface area contributed by atoms with Gasteiger partial charge in [-0.3, -0.25) is 0 Å². The van der Waals surface area contributed by atoms with Crippen molar-refractivity contribution in [2.45, 2.75) is 10.8 Å². The zero-order valence-corrected chi connectivity index (χ0v) is 18.3. The number of ether oxygens (including phenoxy) is 1. The molecule has 6 nitrogen and oxygen atoms in total. The van der Waals surface area contributed by atoms with Gasteiger partial charge in [0.15, 0.2) is 9.84 Å². The molecule has 0 saturated carbocycles. The Hall–Kier alpha value is -3.97. The lowest BCUT2D eigenvalue weighted by Gasteiger charge is -2.44. The van der Waals surface area contributed by atoms with Crippen LogP contribution in [-0.4, -0.2) is 19.8 Å². The lowest BCUT2D eigenvalue weighted by atomic mass is 9.75. The van der Waals surface area contributed by atoms with E-state index in [1.165, 1.54) is 24.5 Å². The molecule has 33 heavy (non-hydrogen) atoms. The van der Waals surface area contributed by atoms with Crippen molar-refractivity contribution < 1.29 is 18.3 Å². The molecule has 0 spiro atoms. The van der Waals surface area contributed by atoms with Crippen LogP contribution in [0, 0.1) is 0 Å². The van der Waals surface area contributed by atoms with Crippen molar-refractivity contribution in [3.63, 3.8) is 0 Å². The predicted molar refractivity (Wildman–Crippen MR) is 127 cm³/mol. The zero-order chi connectivity index (χ0) is 22.5. The van der Waals surface area contributed by atoms with E-state index in [0.717, 1.165) is 50.9 Å². The van der Waals surface area contributed by atoms with E-state index >= 15 is 0 Å². The Bertz CT molecular complexity index is 1550. The van der Waals surface area contributed by atoms with E-state index in [1.807, 2.05) is 53.4 Å². The first-order chi connectivity index (χ1) is 15.9. The molecule has 4 aromatic rings. The summed E-state index contributed by atoms with van der Waals surface area (Å²) in [7, 11) is -3.46. The maximum atomic E-state index is 12.3. The number of phenols is 1. The first-order valence-corrected chi connectivity index (χ1v) is 12.5. The number of nitrogens with zero attached hydrogens (tertiary/aromatic N) is 1. The van der Waals surface area contributed by atoms with Crippen molar-refractivity contribution in [1.29, 1.82) is 0 Å². The van der Waals surface area contributed by atoms with Crippen LogP contribution in [0.3, 0.4) is 0 Å².